The largest absolute Gasteiger partial charge is 0.476 e. The maximum Gasteiger partial charge on any atom is 0.427 e. The topological polar surface area (TPSA) is 93.2 Å². The van der Waals surface area contributed by atoms with Gasteiger partial charge in [0, 0.05) is 16.8 Å². The molecule has 3 rings (SSSR count). The third kappa shape index (κ3) is 6.09. The quantitative estimate of drug-likeness (QED) is 0.373. The average Bonchev–Trinajstić information content (AvgIpc) is 2.76. The highest BCUT2D eigenvalue weighted by atomic mass is 35.5. The van der Waals surface area contributed by atoms with Crippen molar-refractivity contribution in [3.63, 3.8) is 0 Å². The molecule has 0 unspecified atom stereocenters. The Balaban J connectivity index is 1.96. The molecule has 1 heterocycles. The van der Waals surface area contributed by atoms with E-state index in [4.69, 9.17) is 16.3 Å². The minimum Gasteiger partial charge on any atom is -0.476 e. The molecule has 7 nitrogen and oxygen atoms in total. The van der Waals surface area contributed by atoms with E-state index in [1.54, 1.807) is 24.3 Å². The van der Waals surface area contributed by atoms with Gasteiger partial charge in [0.25, 0.3) is 0 Å². The van der Waals surface area contributed by atoms with Crippen molar-refractivity contribution >= 4 is 44.4 Å². The first kappa shape index (κ1) is 25.6. The van der Waals surface area contributed by atoms with Crippen LogP contribution in [-0.4, -0.2) is 35.9 Å². The van der Waals surface area contributed by atoms with E-state index in [1.807, 2.05) is 0 Å². The zero-order valence-corrected chi connectivity index (χ0v) is 20.0. The number of nitrogens with zero attached hydrogens (tertiary/aromatic N) is 2. The van der Waals surface area contributed by atoms with Crippen molar-refractivity contribution in [2.45, 2.75) is 37.4 Å². The first-order valence-electron chi connectivity index (χ1n) is 10.0. The van der Waals surface area contributed by atoms with E-state index in [2.05, 4.69) is 20.6 Å². The Bertz CT molecular complexity index is 1270. The first-order valence-corrected chi connectivity index (χ1v) is 12.1. The maximum atomic E-state index is 13.4. The van der Waals surface area contributed by atoms with Crippen LogP contribution in [0.5, 0.6) is 5.75 Å². The normalized spacial score (nSPS) is 12.3. The third-order valence-corrected chi connectivity index (χ3v) is 6.77. The molecule has 0 amide bonds. The molecule has 0 saturated carbocycles. The molecule has 0 atom stereocenters. The standard InChI is InChI=1S/C22H22ClF3N4O3S/c1-4-34(31,32)16-9-10-18(33-21(2,3)22(24,25)26)17(11-16)30-20-12-19(27-13-28-20)29-15-7-5-14(23)6-8-15/h5-13H,4H2,1-3H3,(H2,27,28,29,30). The number of hydrogen-bond donors (Lipinski definition) is 2. The van der Waals surface area contributed by atoms with Crippen LogP contribution in [0.15, 0.2) is 59.8 Å². The van der Waals surface area contributed by atoms with E-state index < -0.39 is 21.6 Å². The summed E-state index contributed by atoms with van der Waals surface area (Å²) in [4.78, 5) is 8.12. The highest BCUT2D eigenvalue weighted by Crippen LogP contribution is 2.38. The van der Waals surface area contributed by atoms with Crippen molar-refractivity contribution in [3.05, 3.63) is 59.9 Å². The number of sulfone groups is 1. The number of anilines is 4. The van der Waals surface area contributed by atoms with Crippen LogP contribution in [0.2, 0.25) is 5.02 Å². The van der Waals surface area contributed by atoms with Gasteiger partial charge in [-0.15, -0.1) is 0 Å². The fraction of sp³-hybridized carbons (Fsp3) is 0.273. The molecule has 3 aromatic rings. The number of halogens is 4. The lowest BCUT2D eigenvalue weighted by atomic mass is 10.1. The fourth-order valence-corrected chi connectivity index (χ4v) is 3.73. The van der Waals surface area contributed by atoms with Gasteiger partial charge in [-0.1, -0.05) is 18.5 Å². The smallest absolute Gasteiger partial charge is 0.427 e. The molecule has 34 heavy (non-hydrogen) atoms. The number of benzene rings is 2. The Morgan fingerprint density at radius 3 is 2.18 bits per heavy atom. The van der Waals surface area contributed by atoms with Crippen LogP contribution in [0.4, 0.5) is 36.2 Å². The summed E-state index contributed by atoms with van der Waals surface area (Å²) in [5, 5.41) is 6.46. The van der Waals surface area contributed by atoms with Gasteiger partial charge in [-0.25, -0.2) is 18.4 Å². The molecule has 0 bridgehead atoms. The number of ether oxygens (including phenoxy) is 1. The van der Waals surface area contributed by atoms with Gasteiger partial charge >= 0.3 is 6.18 Å². The van der Waals surface area contributed by atoms with Gasteiger partial charge in [0.15, 0.2) is 15.4 Å². The van der Waals surface area contributed by atoms with Crippen LogP contribution in [0.3, 0.4) is 0 Å². The Labute approximate surface area is 200 Å². The summed E-state index contributed by atoms with van der Waals surface area (Å²) < 4.78 is 70.2. The number of alkyl halides is 3. The molecule has 2 aromatic carbocycles. The summed E-state index contributed by atoms with van der Waals surface area (Å²) in [5.74, 6) is 0.217. The molecule has 0 aliphatic carbocycles. The van der Waals surface area contributed by atoms with E-state index >= 15 is 0 Å². The van der Waals surface area contributed by atoms with Gasteiger partial charge in [-0.2, -0.15) is 13.2 Å². The minimum atomic E-state index is -4.66. The van der Waals surface area contributed by atoms with Gasteiger partial charge in [0.1, 0.15) is 23.7 Å². The van der Waals surface area contributed by atoms with E-state index in [1.165, 1.54) is 37.5 Å². The van der Waals surface area contributed by atoms with Crippen molar-refractivity contribution in [3.8, 4) is 5.75 Å². The predicted octanol–water partition coefficient (Wildman–Crippen LogP) is 6.13. The lowest BCUT2D eigenvalue weighted by Gasteiger charge is -2.30. The van der Waals surface area contributed by atoms with Crippen LogP contribution < -0.4 is 15.4 Å². The summed E-state index contributed by atoms with van der Waals surface area (Å²) in [6.07, 6.45) is -3.42. The third-order valence-electron chi connectivity index (χ3n) is 4.78. The van der Waals surface area contributed by atoms with Gasteiger partial charge in [0.2, 0.25) is 0 Å². The number of aromatic nitrogens is 2. The van der Waals surface area contributed by atoms with Crippen LogP contribution in [0.25, 0.3) is 0 Å². The summed E-state index contributed by atoms with van der Waals surface area (Å²) in [7, 11) is -3.63. The summed E-state index contributed by atoms with van der Waals surface area (Å²) in [6, 6.07) is 12.0. The average molecular weight is 515 g/mol. The molecule has 1 aromatic heterocycles. The zero-order valence-electron chi connectivity index (χ0n) is 18.4. The predicted molar refractivity (Wildman–Crippen MR) is 125 cm³/mol. The Morgan fingerprint density at radius 1 is 0.971 bits per heavy atom. The minimum absolute atomic E-state index is 0.00277. The second-order valence-corrected chi connectivity index (χ2v) is 10.4. The van der Waals surface area contributed by atoms with E-state index in [-0.39, 0.29) is 27.9 Å². The number of nitrogens with one attached hydrogen (secondary N) is 2. The molecule has 0 aliphatic heterocycles. The number of hydrogen-bond acceptors (Lipinski definition) is 7. The second-order valence-electron chi connectivity index (χ2n) is 7.72. The molecule has 0 saturated heterocycles. The summed E-state index contributed by atoms with van der Waals surface area (Å²) in [5.41, 5.74) is -1.83. The zero-order chi connectivity index (χ0) is 25.1. The van der Waals surface area contributed by atoms with E-state index in [0.717, 1.165) is 13.8 Å². The molecule has 182 valence electrons. The summed E-state index contributed by atoms with van der Waals surface area (Å²) in [6.45, 7) is 3.23. The molecule has 2 N–H and O–H groups in total. The highest BCUT2D eigenvalue weighted by molar-refractivity contribution is 7.91. The molecule has 0 aliphatic rings. The van der Waals surface area contributed by atoms with Gasteiger partial charge < -0.3 is 15.4 Å². The summed E-state index contributed by atoms with van der Waals surface area (Å²) >= 11 is 5.89. The van der Waals surface area contributed by atoms with Crippen LogP contribution in [-0.2, 0) is 9.84 Å². The van der Waals surface area contributed by atoms with Crippen molar-refractivity contribution in [1.29, 1.82) is 0 Å². The second kappa shape index (κ2) is 9.67. The SMILES string of the molecule is CCS(=O)(=O)c1ccc(OC(C)(C)C(F)(F)F)c(Nc2cc(Nc3ccc(Cl)cc3)ncn2)c1. The molecular formula is C22H22ClF3N4O3S. The van der Waals surface area contributed by atoms with Crippen molar-refractivity contribution in [2.24, 2.45) is 0 Å². The van der Waals surface area contributed by atoms with Crippen molar-refractivity contribution < 1.29 is 26.3 Å². The van der Waals surface area contributed by atoms with Crippen LogP contribution in [0, 0.1) is 0 Å². The molecular weight excluding hydrogens is 493 g/mol. The molecule has 0 spiro atoms. The Hall–Kier alpha value is -3.05. The van der Waals surface area contributed by atoms with Gasteiger partial charge in [0.05, 0.1) is 16.3 Å². The first-order chi connectivity index (χ1) is 15.8. The molecule has 0 fully saturated rings. The van der Waals surface area contributed by atoms with Crippen LogP contribution in [0.1, 0.15) is 20.8 Å². The number of rotatable bonds is 8. The lowest BCUT2D eigenvalue weighted by molar-refractivity contribution is -0.234. The lowest BCUT2D eigenvalue weighted by Crippen LogP contribution is -2.44. The van der Waals surface area contributed by atoms with Crippen LogP contribution >= 0.6 is 11.6 Å². The fourth-order valence-electron chi connectivity index (χ4n) is 2.70. The molecule has 12 heteroatoms. The van der Waals surface area contributed by atoms with Gasteiger partial charge in [-0.3, -0.25) is 0 Å². The van der Waals surface area contributed by atoms with E-state index in [0.29, 0.717) is 16.5 Å². The van der Waals surface area contributed by atoms with Gasteiger partial charge in [-0.05, 0) is 56.3 Å². The maximum absolute atomic E-state index is 13.4. The van der Waals surface area contributed by atoms with E-state index in [9.17, 15) is 21.6 Å². The molecule has 0 radical (unpaired) electrons. The van der Waals surface area contributed by atoms with Crippen molar-refractivity contribution in [2.75, 3.05) is 16.4 Å². The highest BCUT2D eigenvalue weighted by Gasteiger charge is 2.50. The Morgan fingerprint density at radius 2 is 1.59 bits per heavy atom. The van der Waals surface area contributed by atoms with Crippen molar-refractivity contribution in [1.82, 2.24) is 9.97 Å². The monoisotopic (exact) mass is 514 g/mol. The Kier molecular flexibility index (Phi) is 7.27.